The zero-order valence-electron chi connectivity index (χ0n) is 9.83. The molecule has 1 atom stereocenters. The van der Waals surface area contributed by atoms with Gasteiger partial charge in [0.2, 0.25) is 0 Å². The number of amides is 1. The molecule has 0 saturated heterocycles. The second-order valence-electron chi connectivity index (χ2n) is 4.04. The molecule has 2 rings (SSSR count). The number of rotatable bonds is 3. The maximum absolute atomic E-state index is 12.1. The van der Waals surface area contributed by atoms with E-state index in [1.54, 1.807) is 25.3 Å². The summed E-state index contributed by atoms with van der Waals surface area (Å²) in [5.41, 5.74) is 5.60. The van der Waals surface area contributed by atoms with E-state index in [0.29, 0.717) is 11.0 Å². The first-order chi connectivity index (χ1) is 8.56. The Labute approximate surface area is 103 Å². The molecule has 0 aliphatic heterocycles. The van der Waals surface area contributed by atoms with Gasteiger partial charge in [-0.2, -0.15) is 0 Å². The number of carbonyl (C=O) groups excluding carboxylic acids is 1. The monoisotopic (exact) mass is 247 g/mol. The van der Waals surface area contributed by atoms with Crippen LogP contribution < -0.4 is 11.3 Å². The minimum atomic E-state index is -0.800. The average Bonchev–Trinajstić information content (AvgIpc) is 2.37. The number of primary amides is 1. The molecule has 2 heterocycles. The third-order valence-corrected chi connectivity index (χ3v) is 2.78. The van der Waals surface area contributed by atoms with Crippen LogP contribution in [0, 0.1) is 0 Å². The van der Waals surface area contributed by atoms with Crippen molar-refractivity contribution in [2.24, 2.45) is 5.73 Å². The molecule has 1 amide bonds. The predicted molar refractivity (Wildman–Crippen MR) is 66.3 cm³/mol. The highest BCUT2D eigenvalue weighted by Crippen LogP contribution is 2.14. The van der Waals surface area contributed by atoms with Crippen LogP contribution in [0.5, 0.6) is 0 Å². The fourth-order valence-electron chi connectivity index (χ4n) is 1.86. The highest BCUT2D eigenvalue weighted by molar-refractivity contribution is 5.95. The van der Waals surface area contributed by atoms with Gasteiger partial charge in [0.05, 0.1) is 23.7 Å². The molecule has 0 bridgehead atoms. The Kier molecular flexibility index (Phi) is 3.12. The summed E-state index contributed by atoms with van der Waals surface area (Å²) in [6.45, 7) is 1.46. The van der Waals surface area contributed by atoms with Crippen LogP contribution in [-0.2, 0) is 0 Å². The number of nitrogens with zero attached hydrogens (tertiary/aromatic N) is 2. The molecule has 2 aromatic heterocycles. The van der Waals surface area contributed by atoms with E-state index >= 15 is 0 Å². The lowest BCUT2D eigenvalue weighted by Crippen LogP contribution is -2.32. The van der Waals surface area contributed by atoms with Crippen LogP contribution in [-0.4, -0.2) is 27.2 Å². The molecular weight excluding hydrogens is 234 g/mol. The Morgan fingerprint density at radius 2 is 2.33 bits per heavy atom. The first-order valence-corrected chi connectivity index (χ1v) is 5.47. The molecule has 6 heteroatoms. The van der Waals surface area contributed by atoms with Gasteiger partial charge in [-0.1, -0.05) is 0 Å². The van der Waals surface area contributed by atoms with Gasteiger partial charge >= 0.3 is 0 Å². The van der Waals surface area contributed by atoms with Crippen molar-refractivity contribution in [1.29, 1.82) is 0 Å². The second kappa shape index (κ2) is 4.58. The zero-order chi connectivity index (χ0) is 13.3. The molecule has 0 radical (unpaired) electrons. The van der Waals surface area contributed by atoms with Crippen molar-refractivity contribution in [2.75, 3.05) is 6.61 Å². The first-order valence-electron chi connectivity index (χ1n) is 5.47. The molecule has 0 aliphatic rings. The quantitative estimate of drug-likeness (QED) is 0.800. The molecule has 6 nitrogen and oxygen atoms in total. The van der Waals surface area contributed by atoms with Gasteiger partial charge in [-0.05, 0) is 25.1 Å². The standard InChI is InChI=1S/C12H13N3O3/c1-7(6-16)15-10-3-2-4-14-9(10)5-8(11(13)17)12(15)18/h2-5,7,16H,6H2,1H3,(H2,13,17)/t7-/m1/s1. The summed E-state index contributed by atoms with van der Waals surface area (Å²) < 4.78 is 1.34. The molecule has 0 saturated carbocycles. The van der Waals surface area contributed by atoms with Gasteiger partial charge in [0.1, 0.15) is 5.56 Å². The van der Waals surface area contributed by atoms with E-state index in [-0.39, 0.29) is 12.2 Å². The Morgan fingerprint density at radius 3 is 2.94 bits per heavy atom. The number of nitrogens with two attached hydrogens (primary N) is 1. The van der Waals surface area contributed by atoms with E-state index in [0.717, 1.165) is 0 Å². The molecule has 0 aliphatic carbocycles. The summed E-state index contributed by atoms with van der Waals surface area (Å²) in [5, 5.41) is 9.21. The topological polar surface area (TPSA) is 98.2 Å². The summed E-state index contributed by atoms with van der Waals surface area (Å²) in [6.07, 6.45) is 1.56. The van der Waals surface area contributed by atoms with Gasteiger partial charge in [0.25, 0.3) is 11.5 Å². The number of aromatic nitrogens is 2. The van der Waals surface area contributed by atoms with Crippen LogP contribution in [0.2, 0.25) is 0 Å². The molecule has 3 N–H and O–H groups in total. The maximum Gasteiger partial charge on any atom is 0.264 e. The molecular formula is C12H13N3O3. The SMILES string of the molecule is C[C@H](CO)n1c(=O)c(C(N)=O)cc2ncccc21. The summed E-state index contributed by atoms with van der Waals surface area (Å²) >= 11 is 0. The van der Waals surface area contributed by atoms with Crippen LogP contribution in [0.1, 0.15) is 23.3 Å². The summed E-state index contributed by atoms with van der Waals surface area (Å²) in [6, 6.07) is 4.32. The van der Waals surface area contributed by atoms with Crippen molar-refractivity contribution in [1.82, 2.24) is 9.55 Å². The number of aliphatic hydroxyl groups is 1. The van der Waals surface area contributed by atoms with Gasteiger partial charge in [-0.25, -0.2) is 0 Å². The van der Waals surface area contributed by atoms with E-state index < -0.39 is 17.5 Å². The number of aliphatic hydroxyl groups excluding tert-OH is 1. The van der Waals surface area contributed by atoms with Crippen molar-refractivity contribution in [3.63, 3.8) is 0 Å². The number of pyridine rings is 2. The zero-order valence-corrected chi connectivity index (χ0v) is 9.83. The van der Waals surface area contributed by atoms with E-state index in [9.17, 15) is 14.7 Å². The minimum Gasteiger partial charge on any atom is -0.394 e. The third kappa shape index (κ3) is 1.86. The Bertz CT molecular complexity index is 663. The number of hydrogen-bond acceptors (Lipinski definition) is 4. The molecule has 0 unspecified atom stereocenters. The number of hydrogen-bond donors (Lipinski definition) is 2. The van der Waals surface area contributed by atoms with Crippen LogP contribution >= 0.6 is 0 Å². The van der Waals surface area contributed by atoms with Gasteiger partial charge in [0.15, 0.2) is 0 Å². The highest BCUT2D eigenvalue weighted by atomic mass is 16.3. The van der Waals surface area contributed by atoms with E-state index in [1.165, 1.54) is 10.6 Å². The number of fused-ring (bicyclic) bond motifs is 1. The van der Waals surface area contributed by atoms with Gasteiger partial charge in [-0.15, -0.1) is 0 Å². The van der Waals surface area contributed by atoms with Crippen molar-refractivity contribution >= 4 is 16.9 Å². The van der Waals surface area contributed by atoms with Crippen LogP contribution in [0.3, 0.4) is 0 Å². The molecule has 0 spiro atoms. The molecule has 2 aromatic rings. The molecule has 0 fully saturated rings. The maximum atomic E-state index is 12.1. The predicted octanol–water partition coefficient (Wildman–Crippen LogP) is 0.0487. The van der Waals surface area contributed by atoms with Gasteiger partial charge in [-0.3, -0.25) is 14.6 Å². The van der Waals surface area contributed by atoms with Crippen molar-refractivity contribution < 1.29 is 9.90 Å². The smallest absolute Gasteiger partial charge is 0.264 e. The van der Waals surface area contributed by atoms with Crippen molar-refractivity contribution in [3.05, 3.63) is 40.3 Å². The largest absolute Gasteiger partial charge is 0.394 e. The average molecular weight is 247 g/mol. The normalized spacial score (nSPS) is 12.6. The molecule has 18 heavy (non-hydrogen) atoms. The van der Waals surface area contributed by atoms with Crippen LogP contribution in [0.25, 0.3) is 11.0 Å². The minimum absolute atomic E-state index is 0.124. The lowest BCUT2D eigenvalue weighted by Gasteiger charge is -2.16. The number of carbonyl (C=O) groups is 1. The summed E-state index contributed by atoms with van der Waals surface area (Å²) in [7, 11) is 0. The lowest BCUT2D eigenvalue weighted by molar-refractivity contribution is 0.0998. The third-order valence-electron chi connectivity index (χ3n) is 2.78. The molecule has 0 aromatic carbocycles. The van der Waals surface area contributed by atoms with E-state index in [4.69, 9.17) is 5.73 Å². The van der Waals surface area contributed by atoms with Crippen molar-refractivity contribution in [3.8, 4) is 0 Å². The van der Waals surface area contributed by atoms with E-state index in [1.807, 2.05) is 0 Å². The Hall–Kier alpha value is -2.21. The molecule has 94 valence electrons. The summed E-state index contributed by atoms with van der Waals surface area (Å²) in [5.74, 6) is -0.800. The first kappa shape index (κ1) is 12.3. The Morgan fingerprint density at radius 1 is 1.61 bits per heavy atom. The van der Waals surface area contributed by atoms with Gasteiger partial charge in [0, 0.05) is 6.20 Å². The Balaban J connectivity index is 2.90. The summed E-state index contributed by atoms with van der Waals surface area (Å²) in [4.78, 5) is 27.5. The fourth-order valence-corrected chi connectivity index (χ4v) is 1.86. The van der Waals surface area contributed by atoms with Crippen LogP contribution in [0.4, 0.5) is 0 Å². The highest BCUT2D eigenvalue weighted by Gasteiger charge is 2.16. The van der Waals surface area contributed by atoms with E-state index in [2.05, 4.69) is 4.98 Å². The second-order valence-corrected chi connectivity index (χ2v) is 4.04. The van der Waals surface area contributed by atoms with Crippen LogP contribution in [0.15, 0.2) is 29.2 Å². The van der Waals surface area contributed by atoms with Gasteiger partial charge < -0.3 is 15.4 Å². The van der Waals surface area contributed by atoms with Crippen molar-refractivity contribution in [2.45, 2.75) is 13.0 Å². The fraction of sp³-hybridized carbons (Fsp3) is 0.250. The lowest BCUT2D eigenvalue weighted by atomic mass is 10.2.